The zero-order valence-corrected chi connectivity index (χ0v) is 12.0. The van der Waals surface area contributed by atoms with Crippen molar-refractivity contribution in [3.05, 3.63) is 24.3 Å². The molecule has 0 saturated carbocycles. The molecule has 0 aliphatic carbocycles. The van der Waals surface area contributed by atoms with E-state index in [1.54, 1.807) is 31.4 Å². The summed E-state index contributed by atoms with van der Waals surface area (Å²) >= 11 is 0. The van der Waals surface area contributed by atoms with Crippen molar-refractivity contribution in [2.75, 3.05) is 19.0 Å². The van der Waals surface area contributed by atoms with Gasteiger partial charge in [0.15, 0.2) is 0 Å². The van der Waals surface area contributed by atoms with Gasteiger partial charge < -0.3 is 21.1 Å². The van der Waals surface area contributed by atoms with E-state index in [2.05, 4.69) is 10.6 Å². The molecule has 5 heteroatoms. The molecule has 0 fully saturated rings. The largest absolute Gasteiger partial charge is 0.497 e. The molecule has 1 aromatic carbocycles. The lowest BCUT2D eigenvalue weighted by Gasteiger charge is -2.33. The number of benzene rings is 1. The first kappa shape index (κ1) is 15.3. The van der Waals surface area contributed by atoms with Gasteiger partial charge in [-0.3, -0.25) is 0 Å². The topological polar surface area (TPSA) is 76.4 Å². The van der Waals surface area contributed by atoms with Gasteiger partial charge in [0.25, 0.3) is 0 Å². The molecule has 1 atom stereocenters. The number of urea groups is 1. The Hall–Kier alpha value is -1.75. The van der Waals surface area contributed by atoms with E-state index in [-0.39, 0.29) is 11.9 Å². The van der Waals surface area contributed by atoms with Gasteiger partial charge in [-0.1, -0.05) is 13.8 Å². The van der Waals surface area contributed by atoms with Crippen LogP contribution in [0.1, 0.15) is 20.8 Å². The maximum absolute atomic E-state index is 11.9. The summed E-state index contributed by atoms with van der Waals surface area (Å²) in [4.78, 5) is 11.9. The van der Waals surface area contributed by atoms with Crippen LogP contribution in [0.5, 0.6) is 5.75 Å². The lowest BCUT2D eigenvalue weighted by atomic mass is 9.89. The fourth-order valence-electron chi connectivity index (χ4n) is 1.53. The molecule has 1 rings (SSSR count). The number of rotatable bonds is 5. The predicted molar refractivity (Wildman–Crippen MR) is 77.4 cm³/mol. The monoisotopic (exact) mass is 265 g/mol. The normalized spacial score (nSPS) is 13.8. The zero-order chi connectivity index (χ0) is 14.5. The van der Waals surface area contributed by atoms with Gasteiger partial charge in [-0.25, -0.2) is 4.79 Å². The number of methoxy groups -OCH3 is 1. The number of anilines is 1. The third-order valence-corrected chi connectivity index (χ3v) is 3.45. The van der Waals surface area contributed by atoms with Crippen molar-refractivity contribution < 1.29 is 9.53 Å². The van der Waals surface area contributed by atoms with Crippen molar-refractivity contribution in [3.8, 4) is 5.75 Å². The first-order valence-electron chi connectivity index (χ1n) is 6.34. The number of nitrogens with two attached hydrogens (primary N) is 1. The Balaban J connectivity index is 2.64. The molecule has 106 valence electrons. The fraction of sp³-hybridized carbons (Fsp3) is 0.500. The summed E-state index contributed by atoms with van der Waals surface area (Å²) in [6.45, 7) is 6.38. The van der Waals surface area contributed by atoms with Gasteiger partial charge in [0, 0.05) is 12.2 Å². The Morgan fingerprint density at radius 1 is 1.37 bits per heavy atom. The molecule has 2 amide bonds. The minimum absolute atomic E-state index is 0.249. The van der Waals surface area contributed by atoms with E-state index < -0.39 is 5.54 Å². The summed E-state index contributed by atoms with van der Waals surface area (Å²) < 4.78 is 5.06. The van der Waals surface area contributed by atoms with Crippen LogP contribution in [0.3, 0.4) is 0 Å². The summed E-state index contributed by atoms with van der Waals surface area (Å²) in [5.41, 5.74) is 6.02. The second-order valence-corrected chi connectivity index (χ2v) is 5.08. The number of hydrogen-bond acceptors (Lipinski definition) is 3. The second-order valence-electron chi connectivity index (χ2n) is 5.08. The number of hydrogen-bond donors (Lipinski definition) is 3. The summed E-state index contributed by atoms with van der Waals surface area (Å²) in [5, 5.41) is 5.69. The van der Waals surface area contributed by atoms with Crippen LogP contribution in [0.25, 0.3) is 0 Å². The number of carbonyl (C=O) groups excluding carboxylic acids is 1. The molecule has 0 heterocycles. The van der Waals surface area contributed by atoms with Crippen LogP contribution < -0.4 is 21.1 Å². The average Bonchev–Trinajstić information content (AvgIpc) is 2.39. The molecular weight excluding hydrogens is 242 g/mol. The van der Waals surface area contributed by atoms with Crippen molar-refractivity contribution in [2.24, 2.45) is 11.7 Å². The van der Waals surface area contributed by atoms with Crippen molar-refractivity contribution in [1.29, 1.82) is 0 Å². The number of ether oxygens (including phenoxy) is 1. The van der Waals surface area contributed by atoms with Crippen molar-refractivity contribution >= 4 is 11.7 Å². The van der Waals surface area contributed by atoms with Crippen molar-refractivity contribution in [1.82, 2.24) is 5.32 Å². The first-order valence-corrected chi connectivity index (χ1v) is 6.34. The SMILES string of the molecule is COc1ccc(NC(=O)NC(C)(CN)C(C)C)cc1. The van der Waals surface area contributed by atoms with Crippen LogP contribution in [-0.4, -0.2) is 25.2 Å². The van der Waals surface area contributed by atoms with E-state index in [4.69, 9.17) is 10.5 Å². The highest BCUT2D eigenvalue weighted by atomic mass is 16.5. The van der Waals surface area contributed by atoms with Gasteiger partial charge in [0.1, 0.15) is 5.75 Å². The molecule has 0 aromatic heterocycles. The molecule has 0 bridgehead atoms. The van der Waals surface area contributed by atoms with E-state index >= 15 is 0 Å². The van der Waals surface area contributed by atoms with E-state index in [9.17, 15) is 4.79 Å². The summed E-state index contributed by atoms with van der Waals surface area (Å²) in [6.07, 6.45) is 0. The van der Waals surface area contributed by atoms with Crippen molar-refractivity contribution in [3.63, 3.8) is 0 Å². The van der Waals surface area contributed by atoms with E-state index in [1.807, 2.05) is 20.8 Å². The smallest absolute Gasteiger partial charge is 0.319 e. The lowest BCUT2D eigenvalue weighted by Crippen LogP contribution is -2.56. The van der Waals surface area contributed by atoms with E-state index in [0.29, 0.717) is 12.2 Å². The van der Waals surface area contributed by atoms with Crippen LogP contribution in [0.2, 0.25) is 0 Å². The minimum Gasteiger partial charge on any atom is -0.497 e. The molecule has 1 unspecified atom stereocenters. The number of carbonyl (C=O) groups is 1. The second kappa shape index (κ2) is 6.43. The zero-order valence-electron chi connectivity index (χ0n) is 12.0. The molecule has 0 aliphatic heterocycles. The number of nitrogens with one attached hydrogen (secondary N) is 2. The summed E-state index contributed by atoms with van der Waals surface area (Å²) in [7, 11) is 1.60. The predicted octanol–water partition coefficient (Wildman–Crippen LogP) is 2.19. The standard InChI is InChI=1S/C14H23N3O2/c1-10(2)14(3,9-15)17-13(18)16-11-5-7-12(19-4)8-6-11/h5-8,10H,9,15H2,1-4H3,(H2,16,17,18). The van der Waals surface area contributed by atoms with Gasteiger partial charge in [-0.15, -0.1) is 0 Å². The third-order valence-electron chi connectivity index (χ3n) is 3.45. The lowest BCUT2D eigenvalue weighted by molar-refractivity contribution is 0.225. The highest BCUT2D eigenvalue weighted by Gasteiger charge is 2.28. The van der Waals surface area contributed by atoms with Crippen LogP contribution >= 0.6 is 0 Å². The Morgan fingerprint density at radius 3 is 2.37 bits per heavy atom. The Labute approximate surface area is 114 Å². The fourth-order valence-corrected chi connectivity index (χ4v) is 1.53. The molecule has 4 N–H and O–H groups in total. The van der Waals surface area contributed by atoms with Crippen LogP contribution in [0.4, 0.5) is 10.5 Å². The molecule has 0 spiro atoms. The molecule has 1 aromatic rings. The average molecular weight is 265 g/mol. The Morgan fingerprint density at radius 2 is 1.95 bits per heavy atom. The summed E-state index contributed by atoms with van der Waals surface area (Å²) in [6, 6.07) is 6.90. The van der Waals surface area contributed by atoms with Crippen LogP contribution in [-0.2, 0) is 0 Å². The van der Waals surface area contributed by atoms with Gasteiger partial charge in [0.2, 0.25) is 0 Å². The highest BCUT2D eigenvalue weighted by molar-refractivity contribution is 5.89. The quantitative estimate of drug-likeness (QED) is 0.763. The molecule has 0 radical (unpaired) electrons. The molecule has 19 heavy (non-hydrogen) atoms. The van der Waals surface area contributed by atoms with Gasteiger partial charge in [-0.05, 0) is 37.1 Å². The maximum Gasteiger partial charge on any atom is 0.319 e. The van der Waals surface area contributed by atoms with Crippen molar-refractivity contribution in [2.45, 2.75) is 26.3 Å². The highest BCUT2D eigenvalue weighted by Crippen LogP contribution is 2.17. The van der Waals surface area contributed by atoms with E-state index in [0.717, 1.165) is 5.75 Å². The minimum atomic E-state index is -0.420. The van der Waals surface area contributed by atoms with E-state index in [1.165, 1.54) is 0 Å². The van der Waals surface area contributed by atoms with Gasteiger partial charge in [-0.2, -0.15) is 0 Å². The Kier molecular flexibility index (Phi) is 5.18. The summed E-state index contributed by atoms with van der Waals surface area (Å²) in [5.74, 6) is 0.999. The van der Waals surface area contributed by atoms with Crippen LogP contribution in [0.15, 0.2) is 24.3 Å². The number of amides is 2. The molecular formula is C14H23N3O2. The van der Waals surface area contributed by atoms with Gasteiger partial charge in [0.05, 0.1) is 12.6 Å². The molecule has 5 nitrogen and oxygen atoms in total. The third kappa shape index (κ3) is 4.13. The molecule has 0 aliphatic rings. The maximum atomic E-state index is 11.9. The Bertz CT molecular complexity index is 417. The molecule has 0 saturated heterocycles. The van der Waals surface area contributed by atoms with Gasteiger partial charge >= 0.3 is 6.03 Å². The van der Waals surface area contributed by atoms with Crippen LogP contribution in [0, 0.1) is 5.92 Å². The first-order chi connectivity index (χ1) is 8.91.